The van der Waals surface area contributed by atoms with Gasteiger partial charge in [-0.25, -0.2) is 4.98 Å². The average Bonchev–Trinajstić information content (AvgIpc) is 3.60. The van der Waals surface area contributed by atoms with Gasteiger partial charge in [0.25, 0.3) is 0 Å². The number of nitrogens with zero attached hydrogens (tertiary/aromatic N) is 1. The van der Waals surface area contributed by atoms with Crippen LogP contribution in [0.25, 0.3) is 74.0 Å². The number of rotatable bonds is 3. The highest BCUT2D eigenvalue weighted by Gasteiger charge is 2.13. The molecule has 0 fully saturated rings. The summed E-state index contributed by atoms with van der Waals surface area (Å²) in [5, 5.41) is 6.24. The molecule has 0 saturated carbocycles. The number of hydrogen-bond donors (Lipinski definition) is 0. The van der Waals surface area contributed by atoms with Gasteiger partial charge in [0.2, 0.25) is 0 Å². The smallest absolute Gasteiger partial charge is 0.124 e. The van der Waals surface area contributed by atoms with Crippen LogP contribution in [0.2, 0.25) is 0 Å². The normalized spacial score (nSPS) is 11.7. The molecule has 0 atom stereocenters. The highest BCUT2D eigenvalue weighted by Crippen LogP contribution is 2.41. The summed E-state index contributed by atoms with van der Waals surface area (Å²) in [6.07, 6.45) is 0. The number of aromatic nitrogens is 1. The van der Waals surface area contributed by atoms with E-state index in [0.717, 1.165) is 10.5 Å². The molecule has 0 bridgehead atoms. The number of benzene rings is 6. The van der Waals surface area contributed by atoms with Gasteiger partial charge in [0.15, 0.2) is 0 Å². The van der Waals surface area contributed by atoms with Crippen LogP contribution in [0.4, 0.5) is 0 Å². The maximum absolute atomic E-state index is 4.96. The lowest BCUT2D eigenvalue weighted by Crippen LogP contribution is -1.83. The van der Waals surface area contributed by atoms with E-state index in [1.165, 1.54) is 63.5 Å². The van der Waals surface area contributed by atoms with Gasteiger partial charge in [0, 0.05) is 31.1 Å². The van der Waals surface area contributed by atoms with Gasteiger partial charge in [-0.2, -0.15) is 0 Å². The molecule has 178 valence electrons. The maximum Gasteiger partial charge on any atom is 0.124 e. The van der Waals surface area contributed by atoms with Gasteiger partial charge in [-0.05, 0) is 51.9 Å². The predicted molar refractivity (Wildman–Crippen MR) is 166 cm³/mol. The molecular weight excluding hydrogens is 499 g/mol. The average molecular weight is 520 g/mol. The molecule has 0 amide bonds. The van der Waals surface area contributed by atoms with Crippen molar-refractivity contribution in [2.75, 3.05) is 0 Å². The summed E-state index contributed by atoms with van der Waals surface area (Å²) < 4.78 is 3.93. The molecule has 8 aromatic rings. The van der Waals surface area contributed by atoms with E-state index in [0.29, 0.717) is 0 Å². The first kappa shape index (κ1) is 21.7. The fourth-order valence-corrected chi connectivity index (χ4v) is 7.76. The van der Waals surface area contributed by atoms with Gasteiger partial charge < -0.3 is 0 Å². The van der Waals surface area contributed by atoms with Gasteiger partial charge in [-0.3, -0.25) is 0 Å². The van der Waals surface area contributed by atoms with E-state index < -0.39 is 0 Å². The standard InChI is InChI=1S/C35H21NS2/c1-2-8-23(9-3-1)35-36-31-19-18-22-16-17-25(21-30(22)34(31)38-35)24-10-6-11-26(20-24)27-13-7-14-29-28-12-4-5-15-32(28)37-33(27)29/h1-21H. The summed E-state index contributed by atoms with van der Waals surface area (Å²) in [6, 6.07) is 46.0. The van der Waals surface area contributed by atoms with Crippen molar-refractivity contribution >= 4 is 63.8 Å². The Morgan fingerprint density at radius 3 is 2.13 bits per heavy atom. The number of hydrogen-bond acceptors (Lipinski definition) is 3. The van der Waals surface area contributed by atoms with Crippen LogP contribution in [0.5, 0.6) is 0 Å². The molecule has 0 radical (unpaired) electrons. The molecule has 0 aliphatic rings. The molecule has 0 saturated heterocycles. The second-order valence-electron chi connectivity index (χ2n) is 9.60. The number of thiazole rings is 1. The Kier molecular flexibility index (Phi) is 4.94. The second-order valence-corrected chi connectivity index (χ2v) is 11.6. The third kappa shape index (κ3) is 3.47. The molecule has 6 aromatic carbocycles. The Morgan fingerprint density at radius 2 is 1.18 bits per heavy atom. The van der Waals surface area contributed by atoms with Gasteiger partial charge in [-0.1, -0.05) is 103 Å². The largest absolute Gasteiger partial charge is 0.236 e. The van der Waals surface area contributed by atoms with E-state index in [-0.39, 0.29) is 0 Å². The van der Waals surface area contributed by atoms with E-state index in [1.54, 1.807) is 11.3 Å². The monoisotopic (exact) mass is 519 g/mol. The molecule has 0 aliphatic carbocycles. The van der Waals surface area contributed by atoms with E-state index >= 15 is 0 Å². The third-order valence-electron chi connectivity index (χ3n) is 7.30. The zero-order valence-electron chi connectivity index (χ0n) is 20.4. The molecule has 38 heavy (non-hydrogen) atoms. The molecule has 0 unspecified atom stereocenters. The van der Waals surface area contributed by atoms with Gasteiger partial charge >= 0.3 is 0 Å². The van der Waals surface area contributed by atoms with E-state index in [9.17, 15) is 0 Å². The number of thiophene rings is 1. The first-order valence-electron chi connectivity index (χ1n) is 12.7. The molecule has 0 aliphatic heterocycles. The number of fused-ring (bicyclic) bond motifs is 6. The minimum absolute atomic E-state index is 1.06. The van der Waals surface area contributed by atoms with Gasteiger partial charge in [0.05, 0.1) is 10.2 Å². The molecule has 8 rings (SSSR count). The van der Waals surface area contributed by atoms with Crippen LogP contribution < -0.4 is 0 Å². The first-order valence-corrected chi connectivity index (χ1v) is 14.3. The Balaban J connectivity index is 1.27. The van der Waals surface area contributed by atoms with Crippen LogP contribution in [-0.2, 0) is 0 Å². The van der Waals surface area contributed by atoms with Crippen molar-refractivity contribution in [3.63, 3.8) is 0 Å². The molecule has 2 aromatic heterocycles. The Labute approximate surface area is 228 Å². The van der Waals surface area contributed by atoms with Crippen molar-refractivity contribution in [1.29, 1.82) is 0 Å². The molecule has 2 heterocycles. The SMILES string of the molecule is c1ccc(-c2nc3ccc4ccc(-c5cccc(-c6cccc7c6sc6ccccc67)c5)cc4c3s2)cc1. The third-order valence-corrected chi connectivity index (χ3v) is 9.68. The molecule has 3 heteroatoms. The van der Waals surface area contributed by atoms with Gasteiger partial charge in [-0.15, -0.1) is 22.7 Å². The van der Waals surface area contributed by atoms with Crippen LogP contribution >= 0.6 is 22.7 Å². The van der Waals surface area contributed by atoms with Crippen LogP contribution in [0, 0.1) is 0 Å². The first-order chi connectivity index (χ1) is 18.8. The molecule has 1 nitrogen and oxygen atoms in total. The van der Waals surface area contributed by atoms with Crippen LogP contribution in [0.15, 0.2) is 127 Å². The second kappa shape index (κ2) is 8.63. The topological polar surface area (TPSA) is 12.9 Å². The lowest BCUT2D eigenvalue weighted by molar-refractivity contribution is 1.48. The van der Waals surface area contributed by atoms with Crippen molar-refractivity contribution in [1.82, 2.24) is 4.98 Å². The predicted octanol–water partition coefficient (Wildman–Crippen LogP) is 10.8. The summed E-state index contributed by atoms with van der Waals surface area (Å²) in [5.74, 6) is 0. The Morgan fingerprint density at radius 1 is 0.447 bits per heavy atom. The van der Waals surface area contributed by atoms with Crippen LogP contribution in [-0.4, -0.2) is 4.98 Å². The Bertz CT molecular complexity index is 2130. The van der Waals surface area contributed by atoms with Crippen molar-refractivity contribution < 1.29 is 0 Å². The zero-order chi connectivity index (χ0) is 25.1. The maximum atomic E-state index is 4.96. The summed E-state index contributed by atoms with van der Waals surface area (Å²) in [6.45, 7) is 0. The van der Waals surface area contributed by atoms with E-state index in [2.05, 4.69) is 121 Å². The lowest BCUT2D eigenvalue weighted by Gasteiger charge is -2.09. The van der Waals surface area contributed by atoms with Crippen molar-refractivity contribution in [3.8, 4) is 32.8 Å². The lowest BCUT2D eigenvalue weighted by atomic mass is 9.96. The minimum Gasteiger partial charge on any atom is -0.236 e. The fraction of sp³-hybridized carbons (Fsp3) is 0. The summed E-state index contributed by atoms with van der Waals surface area (Å²) in [4.78, 5) is 4.96. The fourth-order valence-electron chi connectivity index (χ4n) is 5.43. The zero-order valence-corrected chi connectivity index (χ0v) is 22.0. The van der Waals surface area contributed by atoms with Crippen LogP contribution in [0.3, 0.4) is 0 Å². The van der Waals surface area contributed by atoms with Gasteiger partial charge in [0.1, 0.15) is 5.01 Å². The Hall–Kier alpha value is -4.31. The van der Waals surface area contributed by atoms with Crippen LogP contribution in [0.1, 0.15) is 0 Å². The summed E-state index contributed by atoms with van der Waals surface area (Å²) in [7, 11) is 0. The summed E-state index contributed by atoms with van der Waals surface area (Å²) in [5.41, 5.74) is 7.23. The van der Waals surface area contributed by atoms with E-state index in [1.807, 2.05) is 17.4 Å². The van der Waals surface area contributed by atoms with Crippen molar-refractivity contribution in [3.05, 3.63) is 127 Å². The van der Waals surface area contributed by atoms with Crippen molar-refractivity contribution in [2.45, 2.75) is 0 Å². The summed E-state index contributed by atoms with van der Waals surface area (Å²) >= 11 is 3.66. The highest BCUT2D eigenvalue weighted by molar-refractivity contribution is 7.26. The minimum atomic E-state index is 1.06. The van der Waals surface area contributed by atoms with E-state index in [4.69, 9.17) is 4.98 Å². The molecular formula is C35H21NS2. The molecule has 0 N–H and O–H groups in total. The quantitative estimate of drug-likeness (QED) is 0.226. The molecule has 0 spiro atoms. The van der Waals surface area contributed by atoms with Crippen molar-refractivity contribution in [2.24, 2.45) is 0 Å². The highest BCUT2D eigenvalue weighted by atomic mass is 32.1.